The number of rotatable bonds is 2. The van der Waals surface area contributed by atoms with Crippen molar-refractivity contribution in [3.63, 3.8) is 0 Å². The van der Waals surface area contributed by atoms with E-state index in [1.807, 2.05) is 19.1 Å². The van der Waals surface area contributed by atoms with E-state index in [9.17, 15) is 9.59 Å². The standard InChI is InChI=1S/C9H13NO3/c1-7-3-4-8(5-6-11)10(7)9(12)13-2/h3-4,6-8H,5H2,1-2H3. The number of ether oxygens (including phenoxy) is 1. The van der Waals surface area contributed by atoms with Gasteiger partial charge in [-0.2, -0.15) is 0 Å². The van der Waals surface area contributed by atoms with Crippen LogP contribution in [0.5, 0.6) is 0 Å². The van der Waals surface area contributed by atoms with Gasteiger partial charge in [0.05, 0.1) is 19.2 Å². The van der Waals surface area contributed by atoms with Crippen LogP contribution in [0.25, 0.3) is 0 Å². The molecule has 1 rings (SSSR count). The molecular formula is C9H13NO3. The van der Waals surface area contributed by atoms with E-state index in [2.05, 4.69) is 4.74 Å². The van der Waals surface area contributed by atoms with Crippen molar-refractivity contribution in [2.24, 2.45) is 0 Å². The molecule has 4 nitrogen and oxygen atoms in total. The molecule has 13 heavy (non-hydrogen) atoms. The average molecular weight is 183 g/mol. The first kappa shape index (κ1) is 9.77. The normalized spacial score (nSPS) is 26.2. The highest BCUT2D eigenvalue weighted by molar-refractivity contribution is 5.70. The number of methoxy groups -OCH3 is 1. The van der Waals surface area contributed by atoms with Crippen LogP contribution >= 0.6 is 0 Å². The second kappa shape index (κ2) is 4.07. The minimum Gasteiger partial charge on any atom is -0.453 e. The van der Waals surface area contributed by atoms with Crippen LogP contribution in [0.3, 0.4) is 0 Å². The number of hydrogen-bond acceptors (Lipinski definition) is 3. The summed E-state index contributed by atoms with van der Waals surface area (Å²) in [6.07, 6.45) is 4.50. The van der Waals surface area contributed by atoms with E-state index in [0.717, 1.165) is 6.29 Å². The molecule has 1 aliphatic rings. The first-order valence-corrected chi connectivity index (χ1v) is 4.19. The van der Waals surface area contributed by atoms with Gasteiger partial charge in [0.2, 0.25) is 0 Å². The number of carbonyl (C=O) groups is 2. The molecule has 0 saturated heterocycles. The molecule has 0 radical (unpaired) electrons. The van der Waals surface area contributed by atoms with Crippen molar-refractivity contribution in [1.82, 2.24) is 4.90 Å². The molecule has 0 aromatic heterocycles. The Bertz CT molecular complexity index is 237. The predicted molar refractivity (Wildman–Crippen MR) is 47.3 cm³/mol. The predicted octanol–water partition coefficient (Wildman–Crippen LogP) is 0.971. The quantitative estimate of drug-likeness (QED) is 0.473. The maximum absolute atomic E-state index is 11.3. The molecule has 0 aromatic rings. The number of carbonyl (C=O) groups excluding carboxylic acids is 2. The molecule has 0 spiro atoms. The molecule has 0 aromatic carbocycles. The van der Waals surface area contributed by atoms with Crippen LogP contribution in [0.15, 0.2) is 12.2 Å². The molecule has 2 atom stereocenters. The van der Waals surface area contributed by atoms with E-state index in [1.165, 1.54) is 7.11 Å². The van der Waals surface area contributed by atoms with Crippen molar-refractivity contribution >= 4 is 12.4 Å². The fourth-order valence-corrected chi connectivity index (χ4v) is 1.47. The molecule has 1 aliphatic heterocycles. The zero-order chi connectivity index (χ0) is 9.84. The lowest BCUT2D eigenvalue weighted by Crippen LogP contribution is -2.40. The molecule has 2 unspecified atom stereocenters. The van der Waals surface area contributed by atoms with Crippen molar-refractivity contribution in [2.45, 2.75) is 25.4 Å². The van der Waals surface area contributed by atoms with Gasteiger partial charge in [0, 0.05) is 6.42 Å². The first-order chi connectivity index (χ1) is 6.20. The molecule has 0 N–H and O–H groups in total. The van der Waals surface area contributed by atoms with Gasteiger partial charge in [-0.25, -0.2) is 4.79 Å². The van der Waals surface area contributed by atoms with Gasteiger partial charge in [-0.05, 0) is 6.92 Å². The second-order valence-corrected chi connectivity index (χ2v) is 2.97. The Hall–Kier alpha value is -1.32. The maximum Gasteiger partial charge on any atom is 0.410 e. The number of amides is 1. The zero-order valence-electron chi connectivity index (χ0n) is 7.77. The second-order valence-electron chi connectivity index (χ2n) is 2.97. The molecule has 0 aliphatic carbocycles. The summed E-state index contributed by atoms with van der Waals surface area (Å²) in [5.74, 6) is 0. The van der Waals surface area contributed by atoms with Crippen molar-refractivity contribution in [1.29, 1.82) is 0 Å². The van der Waals surface area contributed by atoms with Gasteiger partial charge in [0.15, 0.2) is 0 Å². The number of nitrogens with zero attached hydrogens (tertiary/aromatic N) is 1. The summed E-state index contributed by atoms with van der Waals surface area (Å²) in [4.78, 5) is 23.1. The zero-order valence-corrected chi connectivity index (χ0v) is 7.77. The lowest BCUT2D eigenvalue weighted by molar-refractivity contribution is -0.108. The monoisotopic (exact) mass is 183 g/mol. The summed E-state index contributed by atoms with van der Waals surface area (Å²) in [7, 11) is 1.34. The molecule has 4 heteroatoms. The third-order valence-corrected chi connectivity index (χ3v) is 2.13. The van der Waals surface area contributed by atoms with Crippen LogP contribution in [0.1, 0.15) is 13.3 Å². The topological polar surface area (TPSA) is 46.6 Å². The van der Waals surface area contributed by atoms with E-state index < -0.39 is 0 Å². The van der Waals surface area contributed by atoms with E-state index in [0.29, 0.717) is 6.42 Å². The highest BCUT2D eigenvalue weighted by atomic mass is 16.5. The molecule has 1 heterocycles. The fraction of sp³-hybridized carbons (Fsp3) is 0.556. The highest BCUT2D eigenvalue weighted by Gasteiger charge is 2.30. The van der Waals surface area contributed by atoms with Crippen molar-refractivity contribution in [3.05, 3.63) is 12.2 Å². The third-order valence-electron chi connectivity index (χ3n) is 2.13. The molecule has 72 valence electrons. The lowest BCUT2D eigenvalue weighted by Gasteiger charge is -2.25. The average Bonchev–Trinajstić information content (AvgIpc) is 2.47. The van der Waals surface area contributed by atoms with Gasteiger partial charge in [0.1, 0.15) is 6.29 Å². The lowest BCUT2D eigenvalue weighted by atomic mass is 10.2. The summed E-state index contributed by atoms with van der Waals surface area (Å²) in [5, 5.41) is 0. The highest BCUT2D eigenvalue weighted by Crippen LogP contribution is 2.19. The van der Waals surface area contributed by atoms with Crippen LogP contribution in [0.2, 0.25) is 0 Å². The Morgan fingerprint density at radius 1 is 1.62 bits per heavy atom. The van der Waals surface area contributed by atoms with Gasteiger partial charge < -0.3 is 9.53 Å². The van der Waals surface area contributed by atoms with E-state index in [4.69, 9.17) is 0 Å². The maximum atomic E-state index is 11.3. The largest absolute Gasteiger partial charge is 0.453 e. The molecule has 1 amide bonds. The van der Waals surface area contributed by atoms with Crippen LogP contribution in [-0.4, -0.2) is 36.5 Å². The number of aldehydes is 1. The van der Waals surface area contributed by atoms with Crippen molar-refractivity contribution in [3.8, 4) is 0 Å². The molecule has 0 fully saturated rings. The Balaban J connectivity index is 2.69. The van der Waals surface area contributed by atoms with Gasteiger partial charge in [-0.15, -0.1) is 0 Å². The van der Waals surface area contributed by atoms with Gasteiger partial charge in [0.25, 0.3) is 0 Å². The van der Waals surface area contributed by atoms with Gasteiger partial charge >= 0.3 is 6.09 Å². The number of hydrogen-bond donors (Lipinski definition) is 0. The Kier molecular flexibility index (Phi) is 3.06. The minimum atomic E-state index is -0.385. The molecular weight excluding hydrogens is 170 g/mol. The molecule has 0 bridgehead atoms. The van der Waals surface area contributed by atoms with Crippen LogP contribution < -0.4 is 0 Å². The Morgan fingerprint density at radius 2 is 2.31 bits per heavy atom. The Labute approximate surface area is 77.2 Å². The summed E-state index contributed by atoms with van der Waals surface area (Å²) < 4.78 is 4.61. The van der Waals surface area contributed by atoms with Crippen LogP contribution in [-0.2, 0) is 9.53 Å². The first-order valence-electron chi connectivity index (χ1n) is 4.19. The van der Waals surface area contributed by atoms with E-state index >= 15 is 0 Å². The summed E-state index contributed by atoms with van der Waals surface area (Å²) in [6, 6.07) is -0.127. The van der Waals surface area contributed by atoms with Gasteiger partial charge in [-0.3, -0.25) is 4.90 Å². The minimum absolute atomic E-state index is 0.0115. The smallest absolute Gasteiger partial charge is 0.410 e. The van der Waals surface area contributed by atoms with E-state index in [1.54, 1.807) is 4.90 Å². The fourth-order valence-electron chi connectivity index (χ4n) is 1.47. The summed E-state index contributed by atoms with van der Waals surface area (Å²) in [5.41, 5.74) is 0. The van der Waals surface area contributed by atoms with Crippen LogP contribution in [0.4, 0.5) is 4.79 Å². The van der Waals surface area contributed by atoms with Crippen LogP contribution in [0, 0.1) is 0 Å². The van der Waals surface area contributed by atoms with Gasteiger partial charge in [-0.1, -0.05) is 12.2 Å². The third kappa shape index (κ3) is 1.88. The Morgan fingerprint density at radius 3 is 2.85 bits per heavy atom. The van der Waals surface area contributed by atoms with E-state index in [-0.39, 0.29) is 18.2 Å². The van der Waals surface area contributed by atoms with Crippen molar-refractivity contribution in [2.75, 3.05) is 7.11 Å². The van der Waals surface area contributed by atoms with Crippen molar-refractivity contribution < 1.29 is 14.3 Å². The SMILES string of the molecule is COC(=O)N1C(C)C=CC1CC=O. The molecule has 0 saturated carbocycles. The summed E-state index contributed by atoms with van der Waals surface area (Å²) >= 11 is 0. The summed E-state index contributed by atoms with van der Waals surface area (Å²) in [6.45, 7) is 1.89.